The minimum Gasteiger partial charge on any atom is -0.511 e. The molecule has 0 saturated heterocycles. The molecule has 0 saturated carbocycles. The predicted octanol–water partition coefficient (Wildman–Crippen LogP) is 6.88. The lowest BCUT2D eigenvalue weighted by molar-refractivity contribution is -0.599. The molecule has 38 heavy (non-hydrogen) atoms. The fourth-order valence-electron chi connectivity index (χ4n) is 5.02. The summed E-state index contributed by atoms with van der Waals surface area (Å²) in [5, 5.41) is 10.6. The van der Waals surface area contributed by atoms with Crippen molar-refractivity contribution >= 4 is 0 Å². The number of phenolic OH excluding ortho intramolecular Hbond substituents is 1. The van der Waals surface area contributed by atoms with E-state index in [1.807, 2.05) is 33.7 Å². The zero-order chi connectivity index (χ0) is 27.1. The third kappa shape index (κ3) is 4.74. The van der Waals surface area contributed by atoms with E-state index in [9.17, 15) is 5.11 Å². The molecule has 3 aromatic heterocycles. The average molecular weight is 506 g/mol. The molecule has 6 heteroatoms. The van der Waals surface area contributed by atoms with E-state index in [0.717, 1.165) is 34.0 Å². The quantitative estimate of drug-likeness (QED) is 0.195. The third-order valence-corrected chi connectivity index (χ3v) is 7.06. The first-order chi connectivity index (χ1) is 18.1. The van der Waals surface area contributed by atoms with Gasteiger partial charge in [-0.05, 0) is 79.1 Å². The van der Waals surface area contributed by atoms with E-state index in [0.29, 0.717) is 17.5 Å². The second kappa shape index (κ2) is 9.93. The van der Waals surface area contributed by atoms with Gasteiger partial charge in [0.15, 0.2) is 5.82 Å². The van der Waals surface area contributed by atoms with Crippen molar-refractivity contribution in [2.75, 3.05) is 0 Å². The average Bonchev–Trinajstić information content (AvgIpc) is 3.54. The van der Waals surface area contributed by atoms with Crippen LogP contribution in [-0.2, 0) is 0 Å². The molecule has 0 unspecified atom stereocenters. The van der Waals surface area contributed by atoms with Crippen LogP contribution >= 0.6 is 0 Å². The smallest absolute Gasteiger partial charge is 0.270 e. The summed E-state index contributed by atoms with van der Waals surface area (Å²) >= 11 is 0. The van der Waals surface area contributed by atoms with Crippen LogP contribution in [0.15, 0.2) is 61.2 Å². The molecule has 0 bridgehead atoms. The van der Waals surface area contributed by atoms with E-state index in [1.54, 1.807) is 12.4 Å². The highest BCUT2D eigenvalue weighted by Crippen LogP contribution is 2.35. The molecule has 5 aromatic rings. The Morgan fingerprint density at radius 1 is 0.921 bits per heavy atom. The maximum atomic E-state index is 10.6. The molecule has 6 nitrogen and oxygen atoms in total. The minimum absolute atomic E-state index is 0.212. The van der Waals surface area contributed by atoms with E-state index in [4.69, 9.17) is 9.97 Å². The lowest BCUT2D eigenvalue weighted by Gasteiger charge is -2.14. The van der Waals surface area contributed by atoms with Gasteiger partial charge in [0.05, 0.1) is 23.4 Å². The van der Waals surface area contributed by atoms with E-state index in [2.05, 4.69) is 84.0 Å². The van der Waals surface area contributed by atoms with Gasteiger partial charge in [-0.3, -0.25) is 9.13 Å². The Labute approximate surface area is 224 Å². The van der Waals surface area contributed by atoms with Crippen molar-refractivity contribution in [1.29, 1.82) is 0 Å². The number of imidazole rings is 2. The van der Waals surface area contributed by atoms with Gasteiger partial charge in [0.2, 0.25) is 0 Å². The van der Waals surface area contributed by atoms with Gasteiger partial charge in [0.1, 0.15) is 11.4 Å². The van der Waals surface area contributed by atoms with Gasteiger partial charge in [0, 0.05) is 18.0 Å². The molecule has 5 rings (SSSR count). The number of nitrogens with one attached hydrogen (secondary N) is 1. The fraction of sp³-hybridized carbons (Fsp3) is 0.281. The number of aromatic amines is 1. The number of hydrogen-bond donors (Lipinski definition) is 2. The van der Waals surface area contributed by atoms with Gasteiger partial charge in [0.25, 0.3) is 6.33 Å². The van der Waals surface area contributed by atoms with Crippen LogP contribution in [0.25, 0.3) is 34.2 Å². The number of pyridine rings is 1. The summed E-state index contributed by atoms with van der Waals surface area (Å²) < 4.78 is 3.68. The van der Waals surface area contributed by atoms with Crippen molar-refractivity contribution in [2.24, 2.45) is 0 Å². The molecule has 0 atom stereocenters. The third-order valence-electron chi connectivity index (χ3n) is 7.06. The molecule has 0 spiro atoms. The van der Waals surface area contributed by atoms with Gasteiger partial charge >= 0.3 is 0 Å². The highest BCUT2D eigenvalue weighted by molar-refractivity contribution is 5.80. The van der Waals surface area contributed by atoms with Crippen molar-refractivity contribution in [3.05, 3.63) is 95.3 Å². The molecule has 0 radical (unpaired) electrons. The SMILES string of the molecule is Cc1cc(C)c(-c2nc[nH]c2-c2cc(C(C)C)cc(-n3[c-][n+](-c4cc(C(C)C)ccc4O)cc3)n2)c(C)c1. The van der Waals surface area contributed by atoms with Gasteiger partial charge < -0.3 is 10.1 Å². The van der Waals surface area contributed by atoms with E-state index in [-0.39, 0.29) is 5.75 Å². The lowest BCUT2D eigenvalue weighted by atomic mass is 9.95. The number of aromatic nitrogens is 5. The Morgan fingerprint density at radius 2 is 1.63 bits per heavy atom. The highest BCUT2D eigenvalue weighted by atomic mass is 16.3. The van der Waals surface area contributed by atoms with Gasteiger partial charge in [-0.1, -0.05) is 51.5 Å². The Balaban J connectivity index is 1.62. The molecule has 2 aromatic carbocycles. The van der Waals surface area contributed by atoms with Crippen molar-refractivity contribution in [3.63, 3.8) is 0 Å². The van der Waals surface area contributed by atoms with E-state index >= 15 is 0 Å². The van der Waals surface area contributed by atoms with Gasteiger partial charge in [-0.25, -0.2) is 9.97 Å². The van der Waals surface area contributed by atoms with Crippen LogP contribution in [0.4, 0.5) is 0 Å². The maximum absolute atomic E-state index is 10.6. The second-order valence-electron chi connectivity index (χ2n) is 10.7. The zero-order valence-corrected chi connectivity index (χ0v) is 23.2. The van der Waals surface area contributed by atoms with Crippen LogP contribution in [0.3, 0.4) is 0 Å². The molecule has 0 aliphatic rings. The zero-order valence-electron chi connectivity index (χ0n) is 23.2. The Hall–Kier alpha value is -4.19. The number of nitrogens with zero attached hydrogens (tertiary/aromatic N) is 4. The lowest BCUT2D eigenvalue weighted by Crippen LogP contribution is -2.28. The molecule has 0 amide bonds. The number of rotatable bonds is 6. The number of aryl methyl sites for hydroxylation is 3. The summed E-state index contributed by atoms with van der Waals surface area (Å²) in [4.78, 5) is 13.1. The van der Waals surface area contributed by atoms with Crippen molar-refractivity contribution in [3.8, 4) is 39.9 Å². The maximum Gasteiger partial charge on any atom is 0.270 e. The molecule has 3 heterocycles. The van der Waals surface area contributed by atoms with Crippen LogP contribution in [0.1, 0.15) is 67.3 Å². The summed E-state index contributed by atoms with van der Waals surface area (Å²) in [7, 11) is 0. The molecule has 0 aliphatic heterocycles. The number of benzene rings is 2. The first-order valence-corrected chi connectivity index (χ1v) is 13.1. The Kier molecular flexibility index (Phi) is 6.66. The van der Waals surface area contributed by atoms with Crippen LogP contribution in [0.2, 0.25) is 0 Å². The largest absolute Gasteiger partial charge is 0.511 e. The fourth-order valence-corrected chi connectivity index (χ4v) is 5.02. The standard InChI is InChI=1S/C32H35N5O/c1-19(2)24-8-9-28(38)27(15-24)36-10-11-37(18-36)29-16-25(20(3)4)14-26(35-29)31-32(34-17-33-31)30-22(6)12-21(5)13-23(30)7/h8-17,19-20,38H,1-7H3,(H,33,34). The van der Waals surface area contributed by atoms with E-state index in [1.165, 1.54) is 22.3 Å². The van der Waals surface area contributed by atoms with Gasteiger partial charge in [-0.2, -0.15) is 0 Å². The highest BCUT2D eigenvalue weighted by Gasteiger charge is 2.19. The van der Waals surface area contributed by atoms with Crippen LogP contribution in [0, 0.1) is 27.1 Å². The number of aromatic hydroxyl groups is 1. The van der Waals surface area contributed by atoms with Crippen molar-refractivity contribution in [1.82, 2.24) is 19.5 Å². The summed E-state index contributed by atoms with van der Waals surface area (Å²) in [6.45, 7) is 15.0. The Morgan fingerprint density at radius 3 is 2.32 bits per heavy atom. The summed E-state index contributed by atoms with van der Waals surface area (Å²) in [6, 6.07) is 14.3. The topological polar surface area (TPSA) is 70.6 Å². The molecule has 2 N–H and O–H groups in total. The summed E-state index contributed by atoms with van der Waals surface area (Å²) in [5.41, 5.74) is 10.4. The molecule has 0 aliphatic carbocycles. The molecule has 0 fully saturated rings. The van der Waals surface area contributed by atoms with E-state index < -0.39 is 0 Å². The first kappa shape index (κ1) is 25.5. The second-order valence-corrected chi connectivity index (χ2v) is 10.7. The van der Waals surface area contributed by atoms with Crippen molar-refractivity contribution in [2.45, 2.75) is 60.3 Å². The molecule has 194 valence electrons. The summed E-state index contributed by atoms with van der Waals surface area (Å²) in [6.07, 6.45) is 8.90. The van der Waals surface area contributed by atoms with Gasteiger partial charge in [-0.15, -0.1) is 0 Å². The predicted molar refractivity (Wildman–Crippen MR) is 151 cm³/mol. The van der Waals surface area contributed by atoms with Crippen LogP contribution < -0.4 is 4.57 Å². The first-order valence-electron chi connectivity index (χ1n) is 13.1. The van der Waals surface area contributed by atoms with Crippen LogP contribution in [-0.4, -0.2) is 24.6 Å². The van der Waals surface area contributed by atoms with Crippen molar-refractivity contribution < 1.29 is 9.67 Å². The Bertz CT molecular complexity index is 1600. The van der Waals surface area contributed by atoms with Crippen LogP contribution in [0.5, 0.6) is 5.75 Å². The number of H-pyrrole nitrogens is 1. The number of hydrogen-bond acceptors (Lipinski definition) is 3. The number of phenols is 1. The monoisotopic (exact) mass is 505 g/mol. The minimum atomic E-state index is 0.212. The molecular formula is C32H35N5O. The normalized spacial score (nSPS) is 11.6. The summed E-state index contributed by atoms with van der Waals surface area (Å²) in [5.74, 6) is 1.62. The molecular weight excluding hydrogens is 470 g/mol.